The smallest absolute Gasteiger partial charge is 0.248 e. The second-order valence-corrected chi connectivity index (χ2v) is 4.67. The lowest BCUT2D eigenvalue weighted by Gasteiger charge is -2.05. The third kappa shape index (κ3) is 3.79. The maximum atomic E-state index is 12.7. The summed E-state index contributed by atoms with van der Waals surface area (Å²) < 4.78 is 12.7. The fourth-order valence-electron chi connectivity index (χ4n) is 1.75. The van der Waals surface area contributed by atoms with Crippen LogP contribution in [0.25, 0.3) is 6.08 Å². The van der Waals surface area contributed by atoms with E-state index in [0.29, 0.717) is 0 Å². The molecule has 2 aromatic carbocycles. The first-order valence-corrected chi connectivity index (χ1v) is 6.36. The van der Waals surface area contributed by atoms with E-state index in [1.54, 1.807) is 18.2 Å². The highest BCUT2D eigenvalue weighted by Crippen LogP contribution is 2.14. The molecule has 0 aromatic heterocycles. The number of rotatable bonds is 3. The van der Waals surface area contributed by atoms with Crippen molar-refractivity contribution in [1.82, 2.24) is 0 Å². The van der Waals surface area contributed by atoms with Gasteiger partial charge in [0.25, 0.3) is 0 Å². The minimum Gasteiger partial charge on any atom is -0.323 e. The van der Waals surface area contributed by atoms with Gasteiger partial charge in [0.2, 0.25) is 5.91 Å². The van der Waals surface area contributed by atoms with E-state index in [1.807, 2.05) is 32.0 Å². The van der Waals surface area contributed by atoms with Crippen LogP contribution in [0, 0.1) is 19.7 Å². The van der Waals surface area contributed by atoms with Gasteiger partial charge in [0, 0.05) is 11.8 Å². The molecule has 0 heterocycles. The third-order valence-corrected chi connectivity index (χ3v) is 3.07. The highest BCUT2D eigenvalue weighted by atomic mass is 19.1. The fraction of sp³-hybridized carbons (Fsp3) is 0.118. The van der Waals surface area contributed by atoms with E-state index in [4.69, 9.17) is 0 Å². The third-order valence-electron chi connectivity index (χ3n) is 3.07. The zero-order valence-electron chi connectivity index (χ0n) is 11.5. The summed E-state index contributed by atoms with van der Waals surface area (Å²) in [7, 11) is 0. The number of carbonyl (C=O) groups is 1. The highest BCUT2D eigenvalue weighted by Gasteiger charge is 1.99. The van der Waals surface area contributed by atoms with Gasteiger partial charge in [-0.2, -0.15) is 0 Å². The molecule has 0 saturated heterocycles. The first-order chi connectivity index (χ1) is 9.54. The van der Waals surface area contributed by atoms with Gasteiger partial charge in [-0.15, -0.1) is 0 Å². The SMILES string of the molecule is Cc1ccc(NC(=O)C=Cc2ccc(F)cc2)cc1C. The summed E-state index contributed by atoms with van der Waals surface area (Å²) >= 11 is 0. The summed E-state index contributed by atoms with van der Waals surface area (Å²) in [6.07, 6.45) is 3.08. The molecule has 0 spiro atoms. The Labute approximate surface area is 118 Å². The predicted molar refractivity (Wildman–Crippen MR) is 80.0 cm³/mol. The Morgan fingerprint density at radius 1 is 1.05 bits per heavy atom. The molecule has 0 aliphatic carbocycles. The maximum Gasteiger partial charge on any atom is 0.248 e. The largest absolute Gasteiger partial charge is 0.323 e. The fourth-order valence-corrected chi connectivity index (χ4v) is 1.75. The number of benzene rings is 2. The molecule has 0 aliphatic rings. The molecule has 0 saturated carbocycles. The Morgan fingerprint density at radius 3 is 2.40 bits per heavy atom. The van der Waals surface area contributed by atoms with Crippen molar-refractivity contribution in [1.29, 1.82) is 0 Å². The first kappa shape index (κ1) is 14.0. The van der Waals surface area contributed by atoms with Crippen LogP contribution in [0.15, 0.2) is 48.5 Å². The molecule has 1 N–H and O–H groups in total. The molecule has 0 unspecified atom stereocenters. The van der Waals surface area contributed by atoms with Crippen LogP contribution in [0.4, 0.5) is 10.1 Å². The van der Waals surface area contributed by atoms with E-state index in [0.717, 1.165) is 16.8 Å². The van der Waals surface area contributed by atoms with Crippen molar-refractivity contribution in [3.63, 3.8) is 0 Å². The van der Waals surface area contributed by atoms with Gasteiger partial charge in [-0.3, -0.25) is 4.79 Å². The lowest BCUT2D eigenvalue weighted by atomic mass is 10.1. The van der Waals surface area contributed by atoms with E-state index in [2.05, 4.69) is 5.32 Å². The number of aryl methyl sites for hydroxylation is 2. The Kier molecular flexibility index (Phi) is 4.31. The molecule has 20 heavy (non-hydrogen) atoms. The van der Waals surface area contributed by atoms with Crippen LogP contribution in [0.1, 0.15) is 16.7 Å². The number of amides is 1. The molecular weight excluding hydrogens is 253 g/mol. The van der Waals surface area contributed by atoms with Crippen LogP contribution in [-0.2, 0) is 4.79 Å². The molecule has 1 amide bonds. The Morgan fingerprint density at radius 2 is 1.75 bits per heavy atom. The van der Waals surface area contributed by atoms with Crippen molar-refractivity contribution in [3.8, 4) is 0 Å². The maximum absolute atomic E-state index is 12.7. The molecule has 2 rings (SSSR count). The van der Waals surface area contributed by atoms with Gasteiger partial charge in [-0.25, -0.2) is 4.39 Å². The summed E-state index contributed by atoms with van der Waals surface area (Å²) in [6.45, 7) is 4.02. The summed E-state index contributed by atoms with van der Waals surface area (Å²) in [5.74, 6) is -0.501. The van der Waals surface area contributed by atoms with Crippen LogP contribution in [0.3, 0.4) is 0 Å². The molecule has 0 fully saturated rings. The Hall–Kier alpha value is -2.42. The second-order valence-electron chi connectivity index (χ2n) is 4.67. The van der Waals surface area contributed by atoms with Crippen molar-refractivity contribution < 1.29 is 9.18 Å². The molecule has 0 radical (unpaired) electrons. The quantitative estimate of drug-likeness (QED) is 0.835. The average molecular weight is 269 g/mol. The van der Waals surface area contributed by atoms with Gasteiger partial charge in [0.15, 0.2) is 0 Å². The van der Waals surface area contributed by atoms with Crippen molar-refractivity contribution in [2.45, 2.75) is 13.8 Å². The van der Waals surface area contributed by atoms with Gasteiger partial charge in [0.05, 0.1) is 0 Å². The zero-order chi connectivity index (χ0) is 14.5. The van der Waals surface area contributed by atoms with Crippen molar-refractivity contribution in [2.24, 2.45) is 0 Å². The molecule has 102 valence electrons. The number of hydrogen-bond acceptors (Lipinski definition) is 1. The monoisotopic (exact) mass is 269 g/mol. The van der Waals surface area contributed by atoms with E-state index in [9.17, 15) is 9.18 Å². The van der Waals surface area contributed by atoms with Crippen molar-refractivity contribution in [3.05, 3.63) is 71.0 Å². The predicted octanol–water partition coefficient (Wildman–Crippen LogP) is 4.09. The topological polar surface area (TPSA) is 29.1 Å². The molecule has 0 bridgehead atoms. The highest BCUT2D eigenvalue weighted by molar-refractivity contribution is 6.01. The van der Waals surface area contributed by atoms with Gasteiger partial charge in [0.1, 0.15) is 5.82 Å². The van der Waals surface area contributed by atoms with Crippen LogP contribution < -0.4 is 5.32 Å². The molecule has 2 aromatic rings. The van der Waals surface area contributed by atoms with Gasteiger partial charge >= 0.3 is 0 Å². The van der Waals surface area contributed by atoms with E-state index in [1.165, 1.54) is 23.8 Å². The number of nitrogens with one attached hydrogen (secondary N) is 1. The Bertz CT molecular complexity index is 645. The minimum absolute atomic E-state index is 0.211. The lowest BCUT2D eigenvalue weighted by molar-refractivity contribution is -0.111. The number of halogens is 1. The van der Waals surface area contributed by atoms with Crippen molar-refractivity contribution in [2.75, 3.05) is 5.32 Å². The van der Waals surface area contributed by atoms with E-state index in [-0.39, 0.29) is 11.7 Å². The molecule has 0 aliphatic heterocycles. The summed E-state index contributed by atoms with van der Waals surface area (Å²) in [5.41, 5.74) is 3.86. The molecule has 3 heteroatoms. The van der Waals surface area contributed by atoms with E-state index < -0.39 is 0 Å². The number of carbonyl (C=O) groups excluding carboxylic acids is 1. The average Bonchev–Trinajstić information content (AvgIpc) is 2.42. The zero-order valence-corrected chi connectivity index (χ0v) is 11.5. The molecule has 0 atom stereocenters. The van der Waals surface area contributed by atoms with Crippen LogP contribution in [-0.4, -0.2) is 5.91 Å². The summed E-state index contributed by atoms with van der Waals surface area (Å²) in [5, 5.41) is 2.79. The molecular formula is C17H16FNO. The second kappa shape index (κ2) is 6.15. The normalized spacial score (nSPS) is 10.8. The summed E-state index contributed by atoms with van der Waals surface area (Å²) in [6, 6.07) is 11.7. The van der Waals surface area contributed by atoms with Gasteiger partial charge in [-0.1, -0.05) is 18.2 Å². The minimum atomic E-state index is -0.290. The molecule has 2 nitrogen and oxygen atoms in total. The van der Waals surface area contributed by atoms with Gasteiger partial charge < -0.3 is 5.32 Å². The Balaban J connectivity index is 2.01. The summed E-state index contributed by atoms with van der Waals surface area (Å²) in [4.78, 5) is 11.8. The first-order valence-electron chi connectivity index (χ1n) is 6.36. The lowest BCUT2D eigenvalue weighted by Crippen LogP contribution is -2.07. The number of hydrogen-bond donors (Lipinski definition) is 1. The van der Waals surface area contributed by atoms with Crippen molar-refractivity contribution >= 4 is 17.7 Å². The van der Waals surface area contributed by atoms with Crippen LogP contribution in [0.2, 0.25) is 0 Å². The van der Waals surface area contributed by atoms with Gasteiger partial charge in [-0.05, 0) is 60.9 Å². The standard InChI is InChI=1S/C17H16FNO/c1-12-3-9-16(11-13(12)2)19-17(20)10-6-14-4-7-15(18)8-5-14/h3-11H,1-2H3,(H,19,20). The van der Waals surface area contributed by atoms with Crippen LogP contribution in [0.5, 0.6) is 0 Å². The van der Waals surface area contributed by atoms with Crippen LogP contribution >= 0.6 is 0 Å². The van der Waals surface area contributed by atoms with E-state index >= 15 is 0 Å². The number of anilines is 1.